The predicted octanol–water partition coefficient (Wildman–Crippen LogP) is 3.54. The first kappa shape index (κ1) is 21.4. The van der Waals surface area contributed by atoms with Crippen LogP contribution in [0.2, 0.25) is 0 Å². The van der Waals surface area contributed by atoms with Crippen LogP contribution in [0.4, 0.5) is 0 Å². The van der Waals surface area contributed by atoms with Crippen molar-refractivity contribution in [2.45, 2.75) is 18.8 Å². The second-order valence-electron chi connectivity index (χ2n) is 7.98. The van der Waals surface area contributed by atoms with Crippen LogP contribution in [0.5, 0.6) is 5.75 Å². The van der Waals surface area contributed by atoms with E-state index in [9.17, 15) is 4.79 Å². The van der Waals surface area contributed by atoms with Crippen LogP contribution in [0, 0.1) is 0 Å². The molecule has 3 aromatic rings. The van der Waals surface area contributed by atoms with Crippen LogP contribution in [-0.2, 0) is 9.53 Å². The van der Waals surface area contributed by atoms with E-state index < -0.39 is 0 Å². The van der Waals surface area contributed by atoms with Gasteiger partial charge in [-0.1, -0.05) is 30.3 Å². The Balaban J connectivity index is 1.43. The van der Waals surface area contributed by atoms with Gasteiger partial charge in [0.25, 0.3) is 0 Å². The summed E-state index contributed by atoms with van der Waals surface area (Å²) in [6.45, 7) is 5.26. The third kappa shape index (κ3) is 5.46. The number of nitrogens with zero attached hydrogens (tertiary/aromatic N) is 1. The summed E-state index contributed by atoms with van der Waals surface area (Å²) in [5, 5.41) is 4.28. The van der Waals surface area contributed by atoms with Crippen molar-refractivity contribution in [2.24, 2.45) is 0 Å². The number of morpholine rings is 1. The van der Waals surface area contributed by atoms with E-state index in [-0.39, 0.29) is 11.8 Å². The molecule has 0 aliphatic carbocycles. The van der Waals surface area contributed by atoms with Crippen molar-refractivity contribution >= 4 is 16.8 Å². The number of H-pyrrole nitrogens is 1. The summed E-state index contributed by atoms with van der Waals surface area (Å²) in [4.78, 5) is 18.6. The summed E-state index contributed by atoms with van der Waals surface area (Å²) < 4.78 is 10.7. The van der Waals surface area contributed by atoms with Gasteiger partial charge in [0.2, 0.25) is 5.91 Å². The smallest absolute Gasteiger partial charge is 0.220 e. The summed E-state index contributed by atoms with van der Waals surface area (Å²) in [5.41, 5.74) is 3.33. The maximum atomic E-state index is 12.9. The molecule has 4 rings (SSSR count). The third-order valence-corrected chi connectivity index (χ3v) is 5.98. The molecule has 0 saturated carbocycles. The quantitative estimate of drug-likeness (QED) is 0.519. The highest BCUT2D eigenvalue weighted by atomic mass is 16.5. The van der Waals surface area contributed by atoms with Crippen LogP contribution in [0.25, 0.3) is 10.9 Å². The Morgan fingerprint density at radius 2 is 1.94 bits per heavy atom. The van der Waals surface area contributed by atoms with E-state index in [1.54, 1.807) is 7.11 Å². The van der Waals surface area contributed by atoms with E-state index in [1.165, 1.54) is 0 Å². The minimum Gasteiger partial charge on any atom is -0.497 e. The highest BCUT2D eigenvalue weighted by molar-refractivity contribution is 5.86. The average molecular weight is 422 g/mol. The molecule has 0 unspecified atom stereocenters. The number of carbonyl (C=O) groups is 1. The number of hydrogen-bond donors (Lipinski definition) is 2. The number of fused-ring (bicyclic) bond motifs is 1. The van der Waals surface area contributed by atoms with Gasteiger partial charge in [-0.05, 0) is 42.3 Å². The fourth-order valence-electron chi connectivity index (χ4n) is 4.24. The maximum Gasteiger partial charge on any atom is 0.220 e. The Morgan fingerprint density at radius 3 is 2.71 bits per heavy atom. The van der Waals surface area contributed by atoms with Crippen molar-refractivity contribution in [3.05, 3.63) is 65.9 Å². The molecule has 2 aromatic carbocycles. The minimum absolute atomic E-state index is 0.0266. The number of nitrogens with one attached hydrogen (secondary N) is 2. The molecule has 1 saturated heterocycles. The highest BCUT2D eigenvalue weighted by Gasteiger charge is 2.21. The Kier molecular flexibility index (Phi) is 7.22. The molecular formula is C25H31N3O3. The second kappa shape index (κ2) is 10.5. The highest BCUT2D eigenvalue weighted by Crippen LogP contribution is 2.34. The van der Waals surface area contributed by atoms with Crippen LogP contribution in [0.15, 0.2) is 54.7 Å². The van der Waals surface area contributed by atoms with Gasteiger partial charge in [-0.25, -0.2) is 0 Å². The molecule has 1 amide bonds. The van der Waals surface area contributed by atoms with E-state index in [4.69, 9.17) is 9.47 Å². The van der Waals surface area contributed by atoms with E-state index in [1.807, 2.05) is 30.5 Å². The average Bonchev–Trinajstić information content (AvgIpc) is 3.25. The van der Waals surface area contributed by atoms with Gasteiger partial charge in [0.15, 0.2) is 0 Å². The lowest BCUT2D eigenvalue weighted by atomic mass is 9.88. The zero-order valence-corrected chi connectivity index (χ0v) is 18.1. The molecule has 0 radical (unpaired) electrons. The number of aromatic nitrogens is 1. The van der Waals surface area contributed by atoms with Gasteiger partial charge in [-0.2, -0.15) is 0 Å². The fourth-order valence-corrected chi connectivity index (χ4v) is 4.24. The SMILES string of the molecule is COc1ccc([C@@H](CC(=O)NCCCN2CCOCC2)c2c[nH]c3ccccc23)cc1. The molecule has 164 valence electrons. The number of rotatable bonds is 9. The van der Waals surface area contributed by atoms with E-state index in [0.29, 0.717) is 13.0 Å². The summed E-state index contributed by atoms with van der Waals surface area (Å²) in [7, 11) is 1.66. The summed E-state index contributed by atoms with van der Waals surface area (Å²) in [6.07, 6.45) is 3.39. The van der Waals surface area contributed by atoms with Gasteiger partial charge in [-0.3, -0.25) is 9.69 Å². The summed E-state index contributed by atoms with van der Waals surface area (Å²) in [6, 6.07) is 16.2. The minimum atomic E-state index is -0.0266. The van der Waals surface area contributed by atoms with Crippen LogP contribution in [0.3, 0.4) is 0 Å². The van der Waals surface area contributed by atoms with E-state index in [0.717, 1.165) is 67.0 Å². The lowest BCUT2D eigenvalue weighted by Crippen LogP contribution is -2.38. The lowest BCUT2D eigenvalue weighted by Gasteiger charge is -2.26. The number of carbonyl (C=O) groups excluding carboxylic acids is 1. The molecule has 6 nitrogen and oxygen atoms in total. The number of aromatic amines is 1. The predicted molar refractivity (Wildman–Crippen MR) is 123 cm³/mol. The van der Waals surface area contributed by atoms with Crippen molar-refractivity contribution in [3.63, 3.8) is 0 Å². The van der Waals surface area contributed by atoms with Crippen molar-refractivity contribution in [1.29, 1.82) is 0 Å². The maximum absolute atomic E-state index is 12.9. The van der Waals surface area contributed by atoms with Crippen LogP contribution in [0.1, 0.15) is 29.9 Å². The van der Waals surface area contributed by atoms with Crippen LogP contribution >= 0.6 is 0 Å². The van der Waals surface area contributed by atoms with E-state index in [2.05, 4.69) is 39.5 Å². The summed E-state index contributed by atoms with van der Waals surface area (Å²) in [5.74, 6) is 0.864. The fraction of sp³-hybridized carbons (Fsp3) is 0.400. The van der Waals surface area contributed by atoms with Gasteiger partial charge >= 0.3 is 0 Å². The van der Waals surface area contributed by atoms with E-state index >= 15 is 0 Å². The van der Waals surface area contributed by atoms with Gasteiger partial charge in [-0.15, -0.1) is 0 Å². The molecule has 1 aliphatic heterocycles. The molecule has 1 aromatic heterocycles. The van der Waals surface area contributed by atoms with Gasteiger partial charge in [0, 0.05) is 49.1 Å². The molecule has 1 fully saturated rings. The second-order valence-corrected chi connectivity index (χ2v) is 7.98. The number of hydrogen-bond acceptors (Lipinski definition) is 4. The van der Waals surface area contributed by atoms with Crippen molar-refractivity contribution in [2.75, 3.05) is 46.5 Å². The Labute approximate surface area is 183 Å². The number of amides is 1. The third-order valence-electron chi connectivity index (χ3n) is 5.98. The zero-order chi connectivity index (χ0) is 21.5. The van der Waals surface area contributed by atoms with Gasteiger partial charge in [0.05, 0.1) is 20.3 Å². The first-order valence-electron chi connectivity index (χ1n) is 11.0. The number of methoxy groups -OCH3 is 1. The Hall–Kier alpha value is -2.83. The molecule has 1 aliphatic rings. The van der Waals surface area contributed by atoms with Crippen LogP contribution < -0.4 is 10.1 Å². The first-order valence-corrected chi connectivity index (χ1v) is 11.0. The normalized spacial score (nSPS) is 15.6. The molecule has 0 spiro atoms. The molecule has 0 bridgehead atoms. The molecular weight excluding hydrogens is 390 g/mol. The standard InChI is InChI=1S/C25H31N3O3/c1-30-20-9-7-19(8-10-20)22(23-18-27-24-6-3-2-5-21(23)24)17-25(29)26-11-4-12-28-13-15-31-16-14-28/h2-3,5-10,18,22,27H,4,11-17H2,1H3,(H,26,29)/t22-/m1/s1. The molecule has 31 heavy (non-hydrogen) atoms. The monoisotopic (exact) mass is 421 g/mol. The van der Waals surface area contributed by atoms with Crippen LogP contribution in [-0.4, -0.2) is 62.3 Å². The molecule has 2 N–H and O–H groups in total. The number of para-hydroxylation sites is 1. The zero-order valence-electron chi connectivity index (χ0n) is 18.1. The number of ether oxygens (including phenoxy) is 2. The Bertz CT molecular complexity index is 977. The molecule has 6 heteroatoms. The van der Waals surface area contributed by atoms with Gasteiger partial charge in [0.1, 0.15) is 5.75 Å². The summed E-state index contributed by atoms with van der Waals surface area (Å²) >= 11 is 0. The van der Waals surface area contributed by atoms with Gasteiger partial charge < -0.3 is 19.8 Å². The molecule has 2 heterocycles. The van der Waals surface area contributed by atoms with Crippen molar-refractivity contribution in [3.8, 4) is 5.75 Å². The first-order chi connectivity index (χ1) is 15.2. The number of benzene rings is 2. The largest absolute Gasteiger partial charge is 0.497 e. The topological polar surface area (TPSA) is 66.6 Å². The van der Waals surface area contributed by atoms with Crippen molar-refractivity contribution in [1.82, 2.24) is 15.2 Å². The van der Waals surface area contributed by atoms with Crippen molar-refractivity contribution < 1.29 is 14.3 Å². The lowest BCUT2D eigenvalue weighted by molar-refractivity contribution is -0.121. The molecule has 1 atom stereocenters. The Morgan fingerprint density at radius 1 is 1.16 bits per heavy atom.